The molecule has 0 bridgehead atoms. The third-order valence-corrected chi connectivity index (χ3v) is 3.93. The van der Waals surface area contributed by atoms with Gasteiger partial charge in [-0.1, -0.05) is 18.2 Å². The van der Waals surface area contributed by atoms with E-state index in [4.69, 9.17) is 0 Å². The van der Waals surface area contributed by atoms with Crippen LogP contribution in [0, 0.1) is 10.1 Å². The number of nitrogens with one attached hydrogen (secondary N) is 1. The van der Waals surface area contributed by atoms with Crippen molar-refractivity contribution in [2.45, 2.75) is 25.8 Å². The molecule has 20 heavy (non-hydrogen) atoms. The first-order valence-electron chi connectivity index (χ1n) is 6.63. The van der Waals surface area contributed by atoms with E-state index in [0.717, 1.165) is 18.5 Å². The van der Waals surface area contributed by atoms with Gasteiger partial charge in [0, 0.05) is 17.7 Å². The third kappa shape index (κ3) is 4.15. The number of para-hydroxylation sites is 1. The minimum Gasteiger partial charge on any atom is -0.314 e. The van der Waals surface area contributed by atoms with Crippen molar-refractivity contribution >= 4 is 17.0 Å². The van der Waals surface area contributed by atoms with Crippen LogP contribution in [0.4, 0.5) is 5.69 Å². The molecule has 1 aromatic carbocycles. The number of nitrogens with zero attached hydrogens (tertiary/aromatic N) is 1. The predicted molar refractivity (Wildman–Crippen MR) is 82.3 cm³/mol. The summed E-state index contributed by atoms with van der Waals surface area (Å²) in [5.74, 6) is 0. The number of hydrogen-bond acceptors (Lipinski definition) is 4. The van der Waals surface area contributed by atoms with Gasteiger partial charge in [-0.2, -0.15) is 11.3 Å². The second-order valence-corrected chi connectivity index (χ2v) is 5.61. The molecule has 4 nitrogen and oxygen atoms in total. The lowest BCUT2D eigenvalue weighted by atomic mass is 10.1. The summed E-state index contributed by atoms with van der Waals surface area (Å²) in [5.41, 5.74) is 2.33. The largest absolute Gasteiger partial charge is 0.314 e. The van der Waals surface area contributed by atoms with Gasteiger partial charge in [0.25, 0.3) is 5.69 Å². The third-order valence-electron chi connectivity index (χ3n) is 3.20. The summed E-state index contributed by atoms with van der Waals surface area (Å²) in [4.78, 5) is 10.6. The fraction of sp³-hybridized carbons (Fsp3) is 0.333. The van der Waals surface area contributed by atoms with Crippen molar-refractivity contribution in [1.82, 2.24) is 5.32 Å². The first-order chi connectivity index (χ1) is 9.66. The van der Waals surface area contributed by atoms with E-state index in [2.05, 4.69) is 29.1 Å². The average molecular weight is 290 g/mol. The van der Waals surface area contributed by atoms with Gasteiger partial charge >= 0.3 is 0 Å². The number of nitro groups is 1. The van der Waals surface area contributed by atoms with E-state index < -0.39 is 0 Å². The molecular formula is C15H18N2O2S. The van der Waals surface area contributed by atoms with Crippen LogP contribution in [0.1, 0.15) is 18.1 Å². The van der Waals surface area contributed by atoms with E-state index in [0.29, 0.717) is 12.5 Å². The summed E-state index contributed by atoms with van der Waals surface area (Å²) >= 11 is 1.70. The Balaban J connectivity index is 1.82. The summed E-state index contributed by atoms with van der Waals surface area (Å²) in [6.45, 7) is 2.88. The SMILES string of the molecule is CC(Cc1ccsc1)NCCc1ccccc1[N+](=O)[O-]. The van der Waals surface area contributed by atoms with E-state index in [1.165, 1.54) is 5.56 Å². The summed E-state index contributed by atoms with van der Waals surface area (Å²) in [6, 6.07) is 9.43. The van der Waals surface area contributed by atoms with E-state index >= 15 is 0 Å². The van der Waals surface area contributed by atoms with Crippen molar-refractivity contribution in [3.8, 4) is 0 Å². The predicted octanol–water partition coefficient (Wildman–Crippen LogP) is 3.42. The minimum atomic E-state index is -0.315. The Bertz CT molecular complexity index is 555. The molecule has 0 aliphatic rings. The van der Waals surface area contributed by atoms with Gasteiger partial charge in [0.2, 0.25) is 0 Å². The van der Waals surface area contributed by atoms with Gasteiger partial charge in [-0.25, -0.2) is 0 Å². The Morgan fingerprint density at radius 1 is 1.35 bits per heavy atom. The van der Waals surface area contributed by atoms with Gasteiger partial charge in [-0.05, 0) is 48.7 Å². The molecule has 106 valence electrons. The molecule has 0 aliphatic carbocycles. The van der Waals surface area contributed by atoms with Gasteiger partial charge in [0.1, 0.15) is 0 Å². The molecule has 1 unspecified atom stereocenters. The lowest BCUT2D eigenvalue weighted by Crippen LogP contribution is -2.29. The highest BCUT2D eigenvalue weighted by Crippen LogP contribution is 2.17. The van der Waals surface area contributed by atoms with Crippen molar-refractivity contribution in [3.63, 3.8) is 0 Å². The first-order valence-corrected chi connectivity index (χ1v) is 7.58. The van der Waals surface area contributed by atoms with E-state index in [1.54, 1.807) is 23.5 Å². The summed E-state index contributed by atoms with van der Waals surface area (Å²) < 4.78 is 0. The monoisotopic (exact) mass is 290 g/mol. The van der Waals surface area contributed by atoms with Crippen LogP contribution in [0.5, 0.6) is 0 Å². The van der Waals surface area contributed by atoms with Crippen LogP contribution in [0.2, 0.25) is 0 Å². The maximum Gasteiger partial charge on any atom is 0.272 e. The lowest BCUT2D eigenvalue weighted by molar-refractivity contribution is -0.385. The first kappa shape index (κ1) is 14.7. The highest BCUT2D eigenvalue weighted by molar-refractivity contribution is 7.07. The number of nitro benzene ring substituents is 1. The van der Waals surface area contributed by atoms with Crippen LogP contribution in [0.15, 0.2) is 41.1 Å². The maximum atomic E-state index is 10.9. The zero-order chi connectivity index (χ0) is 14.4. The molecule has 1 atom stereocenters. The smallest absolute Gasteiger partial charge is 0.272 e. The van der Waals surface area contributed by atoms with E-state index in [-0.39, 0.29) is 10.6 Å². The highest BCUT2D eigenvalue weighted by Gasteiger charge is 2.12. The molecule has 1 N–H and O–H groups in total. The Morgan fingerprint density at radius 3 is 2.85 bits per heavy atom. The fourth-order valence-corrected chi connectivity index (χ4v) is 2.87. The van der Waals surface area contributed by atoms with E-state index in [9.17, 15) is 10.1 Å². The van der Waals surface area contributed by atoms with Crippen LogP contribution >= 0.6 is 11.3 Å². The molecule has 0 amide bonds. The molecule has 5 heteroatoms. The Morgan fingerprint density at radius 2 is 2.15 bits per heavy atom. The number of hydrogen-bond donors (Lipinski definition) is 1. The zero-order valence-corrected chi connectivity index (χ0v) is 12.2. The molecule has 0 saturated carbocycles. The van der Waals surface area contributed by atoms with Crippen molar-refractivity contribution in [2.75, 3.05) is 6.54 Å². The molecule has 1 aromatic heterocycles. The lowest BCUT2D eigenvalue weighted by Gasteiger charge is -2.13. The molecule has 2 aromatic rings. The molecular weight excluding hydrogens is 272 g/mol. The van der Waals surface area contributed by atoms with Gasteiger partial charge < -0.3 is 5.32 Å². The average Bonchev–Trinajstić information content (AvgIpc) is 2.92. The van der Waals surface area contributed by atoms with Crippen LogP contribution in [-0.4, -0.2) is 17.5 Å². The molecule has 0 radical (unpaired) electrons. The van der Waals surface area contributed by atoms with Crippen molar-refractivity contribution < 1.29 is 4.92 Å². The second-order valence-electron chi connectivity index (χ2n) is 4.83. The van der Waals surface area contributed by atoms with Crippen molar-refractivity contribution in [1.29, 1.82) is 0 Å². The molecule has 0 aliphatic heterocycles. The van der Waals surface area contributed by atoms with Crippen LogP contribution in [0.3, 0.4) is 0 Å². The summed E-state index contributed by atoms with van der Waals surface area (Å²) in [5, 5.41) is 18.6. The fourth-order valence-electron chi connectivity index (χ4n) is 2.19. The van der Waals surface area contributed by atoms with E-state index in [1.807, 2.05) is 12.1 Å². The number of rotatable bonds is 7. The Hall–Kier alpha value is -1.72. The van der Waals surface area contributed by atoms with Gasteiger partial charge in [-0.3, -0.25) is 10.1 Å². The Labute approximate surface area is 122 Å². The summed E-state index contributed by atoms with van der Waals surface area (Å²) in [7, 11) is 0. The second kappa shape index (κ2) is 7.17. The molecule has 2 rings (SSSR count). The summed E-state index contributed by atoms with van der Waals surface area (Å²) in [6.07, 6.45) is 1.66. The molecule has 0 spiro atoms. The standard InChI is InChI=1S/C15H18N2O2S/c1-12(10-13-7-9-20-11-13)16-8-6-14-4-2-3-5-15(14)17(18)19/h2-5,7,9,11-12,16H,6,8,10H2,1H3. The highest BCUT2D eigenvalue weighted by atomic mass is 32.1. The van der Waals surface area contributed by atoms with Crippen LogP contribution in [0.25, 0.3) is 0 Å². The molecule has 0 fully saturated rings. The van der Waals surface area contributed by atoms with Gasteiger partial charge in [-0.15, -0.1) is 0 Å². The Kier molecular flexibility index (Phi) is 5.26. The van der Waals surface area contributed by atoms with Crippen molar-refractivity contribution in [3.05, 3.63) is 62.3 Å². The van der Waals surface area contributed by atoms with Gasteiger partial charge in [0.15, 0.2) is 0 Å². The zero-order valence-electron chi connectivity index (χ0n) is 11.4. The number of benzene rings is 1. The number of thiophene rings is 1. The van der Waals surface area contributed by atoms with Crippen LogP contribution in [-0.2, 0) is 12.8 Å². The maximum absolute atomic E-state index is 10.9. The van der Waals surface area contributed by atoms with Crippen molar-refractivity contribution in [2.24, 2.45) is 0 Å². The normalized spacial score (nSPS) is 12.2. The van der Waals surface area contributed by atoms with Gasteiger partial charge in [0.05, 0.1) is 4.92 Å². The molecule has 1 heterocycles. The molecule has 0 saturated heterocycles. The quantitative estimate of drug-likeness (QED) is 0.628. The minimum absolute atomic E-state index is 0.208. The topological polar surface area (TPSA) is 55.2 Å². The van der Waals surface area contributed by atoms with Crippen LogP contribution < -0.4 is 5.32 Å².